The first-order chi connectivity index (χ1) is 22.5. The molecule has 1 aromatic heterocycles. The molecule has 47 heavy (non-hydrogen) atoms. The molecule has 4 heterocycles. The molecular weight excluding hydrogens is 644 g/mol. The van der Waals surface area contributed by atoms with Crippen LogP contribution in [0.25, 0.3) is 10.1 Å². The van der Waals surface area contributed by atoms with Crippen LogP contribution in [0.15, 0.2) is 54.6 Å². The van der Waals surface area contributed by atoms with Gasteiger partial charge in [-0.3, -0.25) is 18.9 Å². The number of halogens is 1. The zero-order valence-electron chi connectivity index (χ0n) is 25.9. The van der Waals surface area contributed by atoms with Gasteiger partial charge in [-0.15, -0.1) is 11.3 Å². The minimum atomic E-state index is -5.00. The number of nitrogens with zero attached hydrogens (tertiary/aromatic N) is 4. The van der Waals surface area contributed by atoms with Gasteiger partial charge in [-0.05, 0) is 60.5 Å². The smallest absolute Gasteiger partial charge is 0.339 e. The van der Waals surface area contributed by atoms with E-state index < -0.39 is 31.5 Å². The number of rotatable bonds is 7. The Morgan fingerprint density at radius 2 is 1.87 bits per heavy atom. The lowest BCUT2D eigenvalue weighted by Gasteiger charge is -2.39. The summed E-state index contributed by atoms with van der Waals surface area (Å²) >= 11 is 1.13. The van der Waals surface area contributed by atoms with Crippen molar-refractivity contribution in [3.05, 3.63) is 70.6 Å². The average Bonchev–Trinajstić information content (AvgIpc) is 3.80. The maximum atomic E-state index is 14.3. The first kappa shape index (κ1) is 33.2. The molecule has 3 fully saturated rings. The number of hydrogen-bond donors (Lipinski definition) is 3. The summed E-state index contributed by atoms with van der Waals surface area (Å²) in [4.78, 5) is 66.2. The van der Waals surface area contributed by atoms with Crippen molar-refractivity contribution in [1.82, 2.24) is 20.0 Å². The van der Waals surface area contributed by atoms with Gasteiger partial charge in [0.2, 0.25) is 17.7 Å². The number of nitrogens with one attached hydrogen (secondary N) is 1. The lowest BCUT2D eigenvalue weighted by Crippen LogP contribution is -2.60. The van der Waals surface area contributed by atoms with Crippen LogP contribution in [0.5, 0.6) is 0 Å². The molecule has 3 N–H and O–H groups in total. The molecule has 3 amide bonds. The van der Waals surface area contributed by atoms with Gasteiger partial charge in [0.15, 0.2) is 0 Å². The molecule has 3 aromatic rings. The van der Waals surface area contributed by atoms with Crippen molar-refractivity contribution in [3.8, 4) is 6.07 Å². The summed E-state index contributed by atoms with van der Waals surface area (Å²) in [6.07, 6.45) is 1.88. The standard InChI is InChI=1S/C33H37FN5O6PS/c1-2-37-13-12-24-9-10-27(33(42)38-17-23(16-35)25(18-38)20-6-4-3-5-7-20)39(24)32(41)26(19-37)36-31(40)29-15-22-14-21(8-11-28(22)47-29)30(34)46(43,44)45/h3-8,11,14-15,23-27,30H,2,9-10,12-13,17-19H2,1H3,(H,36,40)(H2,43,44,45)/t23-,24-,25+,26+,27+,30+/m1/s1. The number of likely N-dealkylation sites (N-methyl/N-ethyl adjacent to an activating group) is 1. The highest BCUT2D eigenvalue weighted by molar-refractivity contribution is 7.51. The van der Waals surface area contributed by atoms with Gasteiger partial charge in [-0.25, -0.2) is 4.39 Å². The quantitative estimate of drug-likeness (QED) is 0.317. The minimum absolute atomic E-state index is 0.111. The van der Waals surface area contributed by atoms with Crippen LogP contribution in [0, 0.1) is 17.2 Å². The third kappa shape index (κ3) is 6.71. The molecule has 0 spiro atoms. The monoisotopic (exact) mass is 681 g/mol. The molecule has 0 radical (unpaired) electrons. The molecule has 3 aliphatic rings. The van der Waals surface area contributed by atoms with Crippen LogP contribution in [-0.2, 0) is 14.2 Å². The summed E-state index contributed by atoms with van der Waals surface area (Å²) in [6.45, 7) is 4.33. The van der Waals surface area contributed by atoms with Crippen molar-refractivity contribution < 1.29 is 33.1 Å². The van der Waals surface area contributed by atoms with Crippen LogP contribution in [0.2, 0.25) is 0 Å². The first-order valence-corrected chi connectivity index (χ1v) is 18.3. The Kier molecular flexibility index (Phi) is 9.52. The van der Waals surface area contributed by atoms with Gasteiger partial charge < -0.3 is 29.8 Å². The highest BCUT2D eigenvalue weighted by atomic mass is 32.1. The van der Waals surface area contributed by atoms with Crippen LogP contribution in [0.4, 0.5) is 4.39 Å². The molecule has 248 valence electrons. The molecule has 0 unspecified atom stereocenters. The third-order valence-corrected chi connectivity index (χ3v) is 11.7. The molecule has 14 heteroatoms. The van der Waals surface area contributed by atoms with E-state index in [2.05, 4.69) is 16.3 Å². The molecule has 6 rings (SSSR count). The van der Waals surface area contributed by atoms with E-state index in [9.17, 15) is 38.4 Å². The number of carbonyl (C=O) groups is 3. The van der Waals surface area contributed by atoms with Gasteiger partial charge in [-0.1, -0.05) is 43.3 Å². The van der Waals surface area contributed by atoms with Crippen molar-refractivity contribution in [2.45, 2.75) is 56.1 Å². The Morgan fingerprint density at radius 3 is 2.57 bits per heavy atom. The SMILES string of the molecule is CCN1CC[C@H]2CC[C@@H](C(=O)N3C[C@@H](C#N)[C@H](c4ccccc4)C3)N2C(=O)[C@@H](NC(=O)c2cc3cc([C@@H](F)P(=O)(O)O)ccc3s2)C1. The number of hydrogen-bond acceptors (Lipinski definition) is 7. The van der Waals surface area contributed by atoms with Gasteiger partial charge in [-0.2, -0.15) is 5.26 Å². The zero-order chi connectivity index (χ0) is 33.5. The fraction of sp³-hybridized carbons (Fsp3) is 0.455. The van der Waals surface area contributed by atoms with E-state index >= 15 is 0 Å². The fourth-order valence-electron chi connectivity index (χ4n) is 7.18. The topological polar surface area (TPSA) is 154 Å². The number of carbonyl (C=O) groups excluding carboxylic acids is 3. The number of thiophene rings is 1. The van der Waals surface area contributed by atoms with Crippen LogP contribution in [-0.4, -0.2) is 93.1 Å². The van der Waals surface area contributed by atoms with Crippen molar-refractivity contribution in [2.75, 3.05) is 32.7 Å². The number of nitriles is 1. The summed E-state index contributed by atoms with van der Waals surface area (Å²) in [5.41, 5.74) is 0.821. The van der Waals surface area contributed by atoms with Gasteiger partial charge in [0, 0.05) is 42.8 Å². The maximum absolute atomic E-state index is 14.3. The Balaban J connectivity index is 1.22. The molecule has 3 aliphatic heterocycles. The summed E-state index contributed by atoms with van der Waals surface area (Å²) in [5, 5.41) is 13.2. The maximum Gasteiger partial charge on any atom is 0.363 e. The van der Waals surface area contributed by atoms with Crippen LogP contribution in [0.3, 0.4) is 0 Å². The van der Waals surface area contributed by atoms with E-state index in [0.717, 1.165) is 16.9 Å². The lowest BCUT2D eigenvalue weighted by atomic mass is 9.90. The van der Waals surface area contributed by atoms with E-state index in [1.165, 1.54) is 24.3 Å². The first-order valence-electron chi connectivity index (χ1n) is 15.8. The van der Waals surface area contributed by atoms with Gasteiger partial charge in [0.25, 0.3) is 5.91 Å². The van der Waals surface area contributed by atoms with Crippen molar-refractivity contribution in [3.63, 3.8) is 0 Å². The summed E-state index contributed by atoms with van der Waals surface area (Å²) in [5.74, 6) is -3.93. The van der Waals surface area contributed by atoms with E-state index in [1.807, 2.05) is 37.3 Å². The molecule has 6 atom stereocenters. The second kappa shape index (κ2) is 13.5. The highest BCUT2D eigenvalue weighted by Gasteiger charge is 2.48. The summed E-state index contributed by atoms with van der Waals surface area (Å²) in [7, 11) is -5.00. The van der Waals surface area contributed by atoms with E-state index in [4.69, 9.17) is 0 Å². The number of amides is 3. The molecule has 0 bridgehead atoms. The molecule has 2 aromatic carbocycles. The number of alkyl halides is 1. The molecule has 3 saturated heterocycles. The Labute approximate surface area is 276 Å². The fourth-order valence-corrected chi connectivity index (χ4v) is 8.68. The van der Waals surface area contributed by atoms with Crippen molar-refractivity contribution >= 4 is 46.7 Å². The Hall–Kier alpha value is -3.66. The highest BCUT2D eigenvalue weighted by Crippen LogP contribution is 2.53. The van der Waals surface area contributed by atoms with Gasteiger partial charge in [0.1, 0.15) is 12.1 Å². The van der Waals surface area contributed by atoms with Crippen LogP contribution >= 0.6 is 18.9 Å². The van der Waals surface area contributed by atoms with Crippen LogP contribution < -0.4 is 5.32 Å². The molecule has 0 aliphatic carbocycles. The lowest BCUT2D eigenvalue weighted by molar-refractivity contribution is -0.147. The second-order valence-corrected chi connectivity index (χ2v) is 15.2. The van der Waals surface area contributed by atoms with Crippen LogP contribution in [0.1, 0.15) is 58.8 Å². The third-order valence-electron chi connectivity index (χ3n) is 9.67. The normalized spacial score (nSPS) is 26.0. The predicted molar refractivity (Wildman–Crippen MR) is 174 cm³/mol. The largest absolute Gasteiger partial charge is 0.363 e. The van der Waals surface area contributed by atoms with E-state index in [-0.39, 0.29) is 46.7 Å². The van der Waals surface area contributed by atoms with Crippen molar-refractivity contribution in [2.24, 2.45) is 5.92 Å². The zero-order valence-corrected chi connectivity index (χ0v) is 27.6. The average molecular weight is 682 g/mol. The Morgan fingerprint density at radius 1 is 1.11 bits per heavy atom. The predicted octanol–water partition coefficient (Wildman–Crippen LogP) is 4.00. The number of benzene rings is 2. The molecular formula is C33H37FN5O6PS. The number of fused-ring (bicyclic) bond motifs is 2. The summed E-state index contributed by atoms with van der Waals surface area (Å²) in [6, 6.07) is 15.9. The van der Waals surface area contributed by atoms with Gasteiger partial charge in [0.05, 0.1) is 16.9 Å². The molecule has 11 nitrogen and oxygen atoms in total. The van der Waals surface area contributed by atoms with Gasteiger partial charge >= 0.3 is 7.60 Å². The summed E-state index contributed by atoms with van der Waals surface area (Å²) < 4.78 is 26.4. The van der Waals surface area contributed by atoms with Crippen molar-refractivity contribution in [1.29, 1.82) is 5.26 Å². The number of likely N-dealkylation sites (tertiary alicyclic amines) is 1. The van der Waals surface area contributed by atoms with E-state index in [1.54, 1.807) is 9.80 Å². The second-order valence-electron chi connectivity index (χ2n) is 12.5. The molecule has 0 saturated carbocycles. The Bertz CT molecular complexity index is 1760. The van der Waals surface area contributed by atoms with E-state index in [0.29, 0.717) is 55.5 Å². The minimum Gasteiger partial charge on any atom is -0.339 e.